The van der Waals surface area contributed by atoms with E-state index in [1.54, 1.807) is 0 Å². The first-order valence-electron chi connectivity index (χ1n) is 19.2. The first kappa shape index (κ1) is 42.8. The van der Waals surface area contributed by atoms with Gasteiger partial charge in [0, 0.05) is 6.42 Å². The van der Waals surface area contributed by atoms with Gasteiger partial charge in [-0.15, -0.1) is 0 Å². The van der Waals surface area contributed by atoms with Gasteiger partial charge in [0.25, 0.3) is 0 Å². The normalized spacial score (nSPS) is 12.9. The zero-order valence-electron chi connectivity index (χ0n) is 30.5. The number of ether oxygens (including phenoxy) is 2. The second kappa shape index (κ2) is 34.7. The quantitative estimate of drug-likeness (QED) is 0.0408. The van der Waals surface area contributed by atoms with Crippen molar-refractivity contribution in [2.24, 2.45) is 0 Å². The lowest BCUT2D eigenvalue weighted by molar-refractivity contribution is -0.309. The molecule has 258 valence electrons. The van der Waals surface area contributed by atoms with Crippen molar-refractivity contribution in [2.45, 2.75) is 187 Å². The van der Waals surface area contributed by atoms with Crippen molar-refractivity contribution in [3.05, 3.63) is 48.6 Å². The van der Waals surface area contributed by atoms with Crippen LogP contribution in [0.15, 0.2) is 48.6 Å². The highest BCUT2D eigenvalue weighted by Crippen LogP contribution is 2.22. The number of rotatable bonds is 34. The van der Waals surface area contributed by atoms with Crippen LogP contribution in [0.25, 0.3) is 0 Å². The highest BCUT2D eigenvalue weighted by molar-refractivity contribution is 4.93. The van der Waals surface area contributed by atoms with Crippen LogP contribution < -0.4 is 0 Å². The summed E-state index contributed by atoms with van der Waals surface area (Å²) in [7, 11) is 4.17. The fraction of sp³-hybridized carbons (Fsp3) is 0.805. The number of unbranched alkanes of at least 4 members (excludes halogenated alkanes) is 18. The lowest BCUT2D eigenvalue weighted by Gasteiger charge is -2.38. The van der Waals surface area contributed by atoms with Crippen molar-refractivity contribution in [1.82, 2.24) is 4.90 Å². The molecule has 0 fully saturated rings. The average molecular weight is 616 g/mol. The SMILES string of the molecule is CCCCC/C=C\C/C=C\CCCCCCCCOC(CC)(OCCCCCCCC/C=C\C/C=C\CCCCC)N(C)C. The Hall–Kier alpha value is -1.16. The summed E-state index contributed by atoms with van der Waals surface area (Å²) in [4.78, 5) is 2.12. The largest absolute Gasteiger partial charge is 0.337 e. The van der Waals surface area contributed by atoms with Crippen LogP contribution in [0, 0.1) is 0 Å². The van der Waals surface area contributed by atoms with E-state index in [2.05, 4.69) is 88.4 Å². The summed E-state index contributed by atoms with van der Waals surface area (Å²) in [5, 5.41) is 0. The Morgan fingerprint density at radius 3 is 1.05 bits per heavy atom. The highest BCUT2D eigenvalue weighted by atomic mass is 16.7. The van der Waals surface area contributed by atoms with E-state index in [-0.39, 0.29) is 0 Å². The van der Waals surface area contributed by atoms with Gasteiger partial charge in [0.2, 0.25) is 5.91 Å². The molecule has 0 atom stereocenters. The van der Waals surface area contributed by atoms with Crippen molar-refractivity contribution < 1.29 is 9.47 Å². The van der Waals surface area contributed by atoms with E-state index in [1.165, 1.54) is 128 Å². The van der Waals surface area contributed by atoms with Crippen LogP contribution in [0.1, 0.15) is 181 Å². The van der Waals surface area contributed by atoms with Gasteiger partial charge in [0.15, 0.2) is 0 Å². The minimum absolute atomic E-state index is 0.575. The Kier molecular flexibility index (Phi) is 33.8. The number of nitrogens with zero attached hydrogens (tertiary/aromatic N) is 1. The molecule has 0 aromatic carbocycles. The molecule has 0 saturated heterocycles. The molecule has 0 aliphatic heterocycles. The Labute approximate surface area is 277 Å². The topological polar surface area (TPSA) is 21.7 Å². The number of hydrogen-bond acceptors (Lipinski definition) is 3. The molecule has 0 aromatic rings. The van der Waals surface area contributed by atoms with E-state index >= 15 is 0 Å². The summed E-state index contributed by atoms with van der Waals surface area (Å²) in [5.41, 5.74) is 0. The van der Waals surface area contributed by atoms with E-state index in [0.29, 0.717) is 0 Å². The third kappa shape index (κ3) is 28.3. The van der Waals surface area contributed by atoms with Gasteiger partial charge in [-0.3, -0.25) is 4.90 Å². The molecule has 3 nitrogen and oxygen atoms in total. The Bertz CT molecular complexity index is 628. The Morgan fingerprint density at radius 1 is 0.409 bits per heavy atom. The van der Waals surface area contributed by atoms with Crippen molar-refractivity contribution in [1.29, 1.82) is 0 Å². The maximum absolute atomic E-state index is 6.37. The van der Waals surface area contributed by atoms with Gasteiger partial charge >= 0.3 is 0 Å². The smallest absolute Gasteiger partial charge is 0.229 e. The summed E-state index contributed by atoms with van der Waals surface area (Å²) in [5.74, 6) is -0.575. The molecule has 0 amide bonds. The van der Waals surface area contributed by atoms with Crippen LogP contribution in [0.2, 0.25) is 0 Å². The fourth-order valence-corrected chi connectivity index (χ4v) is 5.46. The van der Waals surface area contributed by atoms with Crippen molar-refractivity contribution in [2.75, 3.05) is 27.3 Å². The molecule has 0 aliphatic carbocycles. The van der Waals surface area contributed by atoms with E-state index in [1.807, 2.05) is 0 Å². The van der Waals surface area contributed by atoms with Crippen LogP contribution in [0.4, 0.5) is 0 Å². The van der Waals surface area contributed by atoms with Crippen LogP contribution >= 0.6 is 0 Å². The molecule has 0 radical (unpaired) electrons. The van der Waals surface area contributed by atoms with Crippen LogP contribution in [0.5, 0.6) is 0 Å². The molecule has 0 aliphatic rings. The fourth-order valence-electron chi connectivity index (χ4n) is 5.46. The van der Waals surface area contributed by atoms with E-state index in [4.69, 9.17) is 9.47 Å². The molecule has 44 heavy (non-hydrogen) atoms. The van der Waals surface area contributed by atoms with Gasteiger partial charge in [0.05, 0.1) is 13.2 Å². The zero-order valence-corrected chi connectivity index (χ0v) is 30.5. The van der Waals surface area contributed by atoms with E-state index in [9.17, 15) is 0 Å². The second-order valence-electron chi connectivity index (χ2n) is 12.8. The maximum Gasteiger partial charge on any atom is 0.229 e. The van der Waals surface area contributed by atoms with Crippen molar-refractivity contribution >= 4 is 0 Å². The zero-order chi connectivity index (χ0) is 32.2. The predicted molar refractivity (Wildman–Crippen MR) is 197 cm³/mol. The molecule has 0 saturated carbocycles. The van der Waals surface area contributed by atoms with Crippen LogP contribution in [-0.4, -0.2) is 38.1 Å². The molecule has 0 N–H and O–H groups in total. The lowest BCUT2D eigenvalue weighted by Crippen LogP contribution is -2.49. The first-order valence-corrected chi connectivity index (χ1v) is 19.2. The van der Waals surface area contributed by atoms with E-state index < -0.39 is 5.91 Å². The predicted octanol–water partition coefficient (Wildman–Crippen LogP) is 13.3. The third-order valence-corrected chi connectivity index (χ3v) is 8.47. The van der Waals surface area contributed by atoms with Crippen molar-refractivity contribution in [3.63, 3.8) is 0 Å². The Morgan fingerprint density at radius 2 is 0.727 bits per heavy atom. The lowest BCUT2D eigenvalue weighted by atomic mass is 10.1. The maximum atomic E-state index is 6.37. The van der Waals surface area contributed by atoms with Gasteiger partial charge in [-0.05, 0) is 91.1 Å². The summed E-state index contributed by atoms with van der Waals surface area (Å²) >= 11 is 0. The third-order valence-electron chi connectivity index (χ3n) is 8.47. The van der Waals surface area contributed by atoms with Crippen LogP contribution in [0.3, 0.4) is 0 Å². The van der Waals surface area contributed by atoms with Gasteiger partial charge in [0.1, 0.15) is 0 Å². The number of allylic oxidation sites excluding steroid dienone is 8. The average Bonchev–Trinajstić information content (AvgIpc) is 3.02. The van der Waals surface area contributed by atoms with E-state index in [0.717, 1.165) is 45.3 Å². The molecule has 0 rings (SSSR count). The van der Waals surface area contributed by atoms with Gasteiger partial charge in [-0.25, -0.2) is 0 Å². The molecule has 0 bridgehead atoms. The number of hydrogen-bond donors (Lipinski definition) is 0. The molecule has 0 heterocycles. The summed E-state index contributed by atoms with van der Waals surface area (Å²) in [6.45, 7) is 8.27. The highest BCUT2D eigenvalue weighted by Gasteiger charge is 2.32. The standard InChI is InChI=1S/C41H77NO2/c1-6-9-11-13-15-17-19-21-23-25-27-29-31-33-35-37-39-43-41(8-3,42(4)5)44-40-38-36-34-32-30-28-26-24-22-20-18-16-14-12-10-7-2/h15-18,21-24H,6-14,19-20,25-40H2,1-5H3/b17-15-,18-16-,23-21-,24-22-. The summed E-state index contributed by atoms with van der Waals surface area (Å²) in [6.07, 6.45) is 50.0. The summed E-state index contributed by atoms with van der Waals surface area (Å²) < 4.78 is 12.7. The first-order chi connectivity index (χ1) is 21.6. The minimum Gasteiger partial charge on any atom is -0.337 e. The molecule has 0 spiro atoms. The summed E-state index contributed by atoms with van der Waals surface area (Å²) in [6, 6.07) is 0. The van der Waals surface area contributed by atoms with Crippen molar-refractivity contribution in [3.8, 4) is 0 Å². The van der Waals surface area contributed by atoms with Gasteiger partial charge < -0.3 is 9.47 Å². The Balaban J connectivity index is 3.76. The molecular formula is C41H77NO2. The molecule has 0 unspecified atom stereocenters. The van der Waals surface area contributed by atoms with Gasteiger partial charge in [-0.2, -0.15) is 0 Å². The minimum atomic E-state index is -0.575. The molecule has 0 aromatic heterocycles. The molecule has 3 heteroatoms. The van der Waals surface area contributed by atoms with Crippen LogP contribution in [-0.2, 0) is 9.47 Å². The molecular weight excluding hydrogens is 538 g/mol. The second-order valence-corrected chi connectivity index (χ2v) is 12.8. The monoisotopic (exact) mass is 616 g/mol. The van der Waals surface area contributed by atoms with Gasteiger partial charge in [-0.1, -0.05) is 146 Å².